The van der Waals surface area contributed by atoms with Gasteiger partial charge in [-0.05, 0) is 52.0 Å². The summed E-state index contributed by atoms with van der Waals surface area (Å²) in [6.07, 6.45) is 5.53. The molecule has 2 atom stereocenters. The van der Waals surface area contributed by atoms with E-state index in [-0.39, 0.29) is 17.6 Å². The molecule has 0 aliphatic carbocycles. The smallest absolute Gasteiger partial charge is 0.220 e. The Hall–Kier alpha value is -0.610. The number of amides is 1. The zero-order valence-electron chi connectivity index (χ0n) is 12.7. The summed E-state index contributed by atoms with van der Waals surface area (Å²) in [7, 11) is 0. The molecule has 4 heteroatoms. The molecule has 1 saturated heterocycles. The highest BCUT2D eigenvalue weighted by molar-refractivity contribution is 5.76. The number of ether oxygens (including phenoxy) is 1. The fourth-order valence-electron chi connectivity index (χ4n) is 2.78. The van der Waals surface area contributed by atoms with Crippen LogP contribution in [-0.4, -0.2) is 30.7 Å². The van der Waals surface area contributed by atoms with Crippen LogP contribution in [0.5, 0.6) is 0 Å². The van der Waals surface area contributed by atoms with Gasteiger partial charge in [-0.3, -0.25) is 4.79 Å². The second kappa shape index (κ2) is 7.85. The number of nitrogens with two attached hydrogens (primary N) is 1. The molecule has 1 amide bonds. The van der Waals surface area contributed by atoms with E-state index >= 15 is 0 Å². The van der Waals surface area contributed by atoms with E-state index in [0.717, 1.165) is 38.7 Å². The molecular weight excluding hydrogens is 240 g/mol. The van der Waals surface area contributed by atoms with E-state index < -0.39 is 0 Å². The molecule has 1 aliphatic rings. The molecule has 0 radical (unpaired) electrons. The Labute approximate surface area is 117 Å². The molecule has 19 heavy (non-hydrogen) atoms. The molecule has 1 rings (SSSR count). The number of carbonyl (C=O) groups excluding carboxylic acids is 1. The highest BCUT2D eigenvalue weighted by Crippen LogP contribution is 2.24. The van der Waals surface area contributed by atoms with E-state index in [1.165, 1.54) is 0 Å². The molecule has 4 nitrogen and oxygen atoms in total. The summed E-state index contributed by atoms with van der Waals surface area (Å²) in [5.41, 5.74) is 5.47. The van der Waals surface area contributed by atoms with Gasteiger partial charge in [-0.1, -0.05) is 13.3 Å². The maximum atomic E-state index is 12.0. The number of carbonyl (C=O) groups is 1. The van der Waals surface area contributed by atoms with Crippen LogP contribution >= 0.6 is 0 Å². The van der Waals surface area contributed by atoms with Gasteiger partial charge in [-0.2, -0.15) is 0 Å². The van der Waals surface area contributed by atoms with Crippen LogP contribution in [0.1, 0.15) is 59.3 Å². The van der Waals surface area contributed by atoms with Gasteiger partial charge < -0.3 is 15.8 Å². The second-order valence-corrected chi connectivity index (χ2v) is 6.26. The van der Waals surface area contributed by atoms with Crippen LogP contribution in [0, 0.1) is 5.92 Å². The summed E-state index contributed by atoms with van der Waals surface area (Å²) < 4.78 is 5.66. The largest absolute Gasteiger partial charge is 0.375 e. The predicted octanol–water partition coefficient (Wildman–Crippen LogP) is 2.22. The van der Waals surface area contributed by atoms with Crippen molar-refractivity contribution in [1.29, 1.82) is 0 Å². The summed E-state index contributed by atoms with van der Waals surface area (Å²) >= 11 is 0. The van der Waals surface area contributed by atoms with Gasteiger partial charge in [-0.25, -0.2) is 0 Å². The predicted molar refractivity (Wildman–Crippen MR) is 77.9 cm³/mol. The molecule has 0 saturated carbocycles. The van der Waals surface area contributed by atoms with E-state index in [1.807, 2.05) is 0 Å². The number of rotatable bonds is 7. The molecule has 2 unspecified atom stereocenters. The minimum absolute atomic E-state index is 0.109. The SMILES string of the molecule is CCC(CCN)CCC(=O)NC1CCOC(C)(C)C1. The Morgan fingerprint density at radius 3 is 2.79 bits per heavy atom. The first-order valence-corrected chi connectivity index (χ1v) is 7.60. The van der Waals surface area contributed by atoms with Gasteiger partial charge in [-0.15, -0.1) is 0 Å². The third-order valence-corrected chi connectivity index (χ3v) is 3.99. The van der Waals surface area contributed by atoms with E-state index in [2.05, 4.69) is 26.1 Å². The van der Waals surface area contributed by atoms with Gasteiger partial charge in [0.15, 0.2) is 0 Å². The van der Waals surface area contributed by atoms with E-state index in [9.17, 15) is 4.79 Å². The summed E-state index contributed by atoms with van der Waals surface area (Å²) in [5, 5.41) is 3.15. The van der Waals surface area contributed by atoms with Crippen LogP contribution in [0.15, 0.2) is 0 Å². The Morgan fingerprint density at radius 2 is 2.21 bits per heavy atom. The van der Waals surface area contributed by atoms with Crippen molar-refractivity contribution in [1.82, 2.24) is 5.32 Å². The zero-order chi connectivity index (χ0) is 14.3. The summed E-state index contributed by atoms with van der Waals surface area (Å²) in [6.45, 7) is 7.79. The Balaban J connectivity index is 2.27. The Morgan fingerprint density at radius 1 is 1.47 bits per heavy atom. The van der Waals surface area contributed by atoms with Crippen LogP contribution < -0.4 is 11.1 Å². The second-order valence-electron chi connectivity index (χ2n) is 6.26. The minimum Gasteiger partial charge on any atom is -0.375 e. The van der Waals surface area contributed by atoms with Crippen LogP contribution in [0.2, 0.25) is 0 Å². The van der Waals surface area contributed by atoms with Gasteiger partial charge >= 0.3 is 0 Å². The number of hydrogen-bond acceptors (Lipinski definition) is 3. The van der Waals surface area contributed by atoms with Crippen LogP contribution in [0.4, 0.5) is 0 Å². The number of hydrogen-bond donors (Lipinski definition) is 2. The molecule has 0 aromatic rings. The summed E-state index contributed by atoms with van der Waals surface area (Å²) in [5.74, 6) is 0.764. The van der Waals surface area contributed by atoms with Crippen molar-refractivity contribution in [3.8, 4) is 0 Å². The molecule has 1 fully saturated rings. The van der Waals surface area contributed by atoms with E-state index in [0.29, 0.717) is 18.9 Å². The van der Waals surface area contributed by atoms with Gasteiger partial charge in [0.25, 0.3) is 0 Å². The fraction of sp³-hybridized carbons (Fsp3) is 0.933. The van der Waals surface area contributed by atoms with Crippen LogP contribution in [-0.2, 0) is 9.53 Å². The molecule has 0 aromatic carbocycles. The third kappa shape index (κ3) is 6.39. The highest BCUT2D eigenvalue weighted by atomic mass is 16.5. The van der Waals surface area contributed by atoms with E-state index in [1.54, 1.807) is 0 Å². The van der Waals surface area contributed by atoms with Crippen LogP contribution in [0.25, 0.3) is 0 Å². The lowest BCUT2D eigenvalue weighted by molar-refractivity contribution is -0.124. The minimum atomic E-state index is -0.109. The molecule has 1 heterocycles. The third-order valence-electron chi connectivity index (χ3n) is 3.99. The average molecular weight is 270 g/mol. The van der Waals surface area contributed by atoms with Gasteiger partial charge in [0.1, 0.15) is 0 Å². The first-order chi connectivity index (χ1) is 8.96. The molecule has 112 valence electrons. The topological polar surface area (TPSA) is 64.4 Å². The lowest BCUT2D eigenvalue weighted by atomic mass is 9.93. The quantitative estimate of drug-likeness (QED) is 0.745. The van der Waals surface area contributed by atoms with Crippen molar-refractivity contribution < 1.29 is 9.53 Å². The maximum Gasteiger partial charge on any atom is 0.220 e. The standard InChI is InChI=1S/C15H30N2O2/c1-4-12(7-9-16)5-6-14(18)17-13-8-10-19-15(2,3)11-13/h12-13H,4-11,16H2,1-3H3,(H,17,18). The first kappa shape index (κ1) is 16.4. The molecule has 3 N–H and O–H groups in total. The van der Waals surface area contributed by atoms with Crippen LogP contribution in [0.3, 0.4) is 0 Å². The van der Waals surface area contributed by atoms with Crippen molar-refractivity contribution in [3.05, 3.63) is 0 Å². The molecule has 0 spiro atoms. The summed E-state index contributed by atoms with van der Waals surface area (Å²) in [6, 6.07) is 0.269. The normalized spacial score (nSPS) is 23.9. The van der Waals surface area contributed by atoms with Crippen molar-refractivity contribution in [3.63, 3.8) is 0 Å². The van der Waals surface area contributed by atoms with Gasteiger partial charge in [0.2, 0.25) is 5.91 Å². The zero-order valence-corrected chi connectivity index (χ0v) is 12.7. The van der Waals surface area contributed by atoms with Gasteiger partial charge in [0, 0.05) is 19.1 Å². The average Bonchev–Trinajstić information content (AvgIpc) is 2.33. The van der Waals surface area contributed by atoms with Crippen molar-refractivity contribution >= 4 is 5.91 Å². The van der Waals surface area contributed by atoms with Crippen molar-refractivity contribution in [2.24, 2.45) is 11.7 Å². The number of nitrogens with one attached hydrogen (secondary N) is 1. The van der Waals surface area contributed by atoms with E-state index in [4.69, 9.17) is 10.5 Å². The highest BCUT2D eigenvalue weighted by Gasteiger charge is 2.29. The Bertz CT molecular complexity index is 279. The lowest BCUT2D eigenvalue weighted by Crippen LogP contribution is -2.45. The van der Waals surface area contributed by atoms with Crippen molar-refractivity contribution in [2.45, 2.75) is 70.9 Å². The Kier molecular flexibility index (Phi) is 6.80. The fourth-order valence-corrected chi connectivity index (χ4v) is 2.78. The molecule has 1 aliphatic heterocycles. The first-order valence-electron chi connectivity index (χ1n) is 7.60. The van der Waals surface area contributed by atoms with Gasteiger partial charge in [0.05, 0.1) is 5.60 Å². The van der Waals surface area contributed by atoms with Crippen molar-refractivity contribution in [2.75, 3.05) is 13.2 Å². The monoisotopic (exact) mass is 270 g/mol. The maximum absolute atomic E-state index is 12.0. The lowest BCUT2D eigenvalue weighted by Gasteiger charge is -2.35. The summed E-state index contributed by atoms with van der Waals surface area (Å²) in [4.78, 5) is 12.0. The molecule has 0 bridgehead atoms. The molecular formula is C15H30N2O2. The molecule has 0 aromatic heterocycles.